The lowest BCUT2D eigenvalue weighted by molar-refractivity contribution is 0.0516. The zero-order chi connectivity index (χ0) is 17.9. The fraction of sp³-hybridized carbons (Fsp3) is 0.0476. The number of hydrogen-bond donors (Lipinski definition) is 0. The first-order valence-electron chi connectivity index (χ1n) is 8.19. The van der Waals surface area contributed by atoms with Crippen molar-refractivity contribution in [1.29, 1.82) is 0 Å². The highest BCUT2D eigenvalue weighted by molar-refractivity contribution is 6.10. The van der Waals surface area contributed by atoms with E-state index in [1.54, 1.807) is 30.5 Å². The van der Waals surface area contributed by atoms with E-state index in [-0.39, 0.29) is 0 Å². The van der Waals surface area contributed by atoms with Gasteiger partial charge in [0.15, 0.2) is 0 Å². The molecule has 0 saturated carbocycles. The molecule has 0 spiro atoms. The highest BCUT2D eigenvalue weighted by atomic mass is 16.7. The summed E-state index contributed by atoms with van der Waals surface area (Å²) in [5, 5.41) is 5.04. The fourth-order valence-corrected chi connectivity index (χ4v) is 2.84. The first-order chi connectivity index (χ1) is 12.7. The molecule has 0 radical (unpaired) electrons. The summed E-state index contributed by atoms with van der Waals surface area (Å²) in [4.78, 5) is 17.2. The van der Waals surface area contributed by atoms with E-state index in [2.05, 4.69) is 5.16 Å². The van der Waals surface area contributed by atoms with Gasteiger partial charge < -0.3 is 9.25 Å². The van der Waals surface area contributed by atoms with Gasteiger partial charge in [-0.3, -0.25) is 4.57 Å². The monoisotopic (exact) mass is 344 g/mol. The van der Waals surface area contributed by atoms with Crippen LogP contribution in [-0.2, 0) is 4.84 Å². The number of nitrogens with zero attached hydrogens (tertiary/aromatic N) is 2. The third-order valence-electron chi connectivity index (χ3n) is 4.12. The van der Waals surface area contributed by atoms with Gasteiger partial charge in [-0.25, -0.2) is 4.79 Å². The van der Waals surface area contributed by atoms with Crippen LogP contribution >= 0.6 is 0 Å². The zero-order valence-corrected chi connectivity index (χ0v) is 14.1. The molecule has 2 aromatic carbocycles. The highest BCUT2D eigenvalue weighted by Gasteiger charge is 2.14. The third kappa shape index (κ3) is 2.91. The largest absolute Gasteiger partial charge is 0.448 e. The van der Waals surface area contributed by atoms with Gasteiger partial charge in [0.1, 0.15) is 0 Å². The Morgan fingerprint density at radius 3 is 2.54 bits per heavy atom. The lowest BCUT2D eigenvalue weighted by Crippen LogP contribution is -2.03. The molecule has 0 bridgehead atoms. The summed E-state index contributed by atoms with van der Waals surface area (Å²) in [5.74, 6) is 0.223. The summed E-state index contributed by atoms with van der Waals surface area (Å²) in [6.45, 7) is 1.81. The lowest BCUT2D eigenvalue weighted by atomic mass is 10.1. The van der Waals surface area contributed by atoms with Crippen molar-refractivity contribution in [3.63, 3.8) is 0 Å². The molecule has 0 atom stereocenters. The highest BCUT2D eigenvalue weighted by Crippen LogP contribution is 2.25. The molecule has 5 heteroatoms. The second kappa shape index (κ2) is 6.72. The predicted octanol–water partition coefficient (Wildman–Crippen LogP) is 4.80. The van der Waals surface area contributed by atoms with Gasteiger partial charge in [0, 0.05) is 23.2 Å². The number of aromatic nitrogens is 1. The van der Waals surface area contributed by atoms with E-state index in [9.17, 15) is 4.79 Å². The van der Waals surface area contributed by atoms with Gasteiger partial charge in [-0.05, 0) is 31.2 Å². The molecule has 128 valence electrons. The van der Waals surface area contributed by atoms with Gasteiger partial charge in [0.2, 0.25) is 5.88 Å². The van der Waals surface area contributed by atoms with Gasteiger partial charge in [0.25, 0.3) is 0 Å². The van der Waals surface area contributed by atoms with Crippen molar-refractivity contribution in [2.75, 3.05) is 0 Å². The molecule has 4 rings (SSSR count). The summed E-state index contributed by atoms with van der Waals surface area (Å²) in [6.07, 6.45) is 3.56. The van der Waals surface area contributed by atoms with E-state index in [1.807, 2.05) is 60.2 Å². The normalized spacial score (nSPS) is 11.7. The fourth-order valence-electron chi connectivity index (χ4n) is 2.84. The Bertz CT molecular complexity index is 1080. The van der Waals surface area contributed by atoms with Crippen LogP contribution in [-0.4, -0.2) is 16.2 Å². The number of hydrogen-bond acceptors (Lipinski definition) is 4. The molecule has 0 amide bonds. The second-order valence-electron chi connectivity index (χ2n) is 5.80. The number of benzene rings is 2. The van der Waals surface area contributed by atoms with Gasteiger partial charge in [-0.1, -0.05) is 41.6 Å². The van der Waals surface area contributed by atoms with Crippen LogP contribution in [0.4, 0.5) is 0 Å². The molecule has 0 unspecified atom stereocenters. The average Bonchev–Trinajstić information content (AvgIpc) is 3.34. The minimum Gasteiger partial charge on any atom is -0.448 e. The van der Waals surface area contributed by atoms with Crippen LogP contribution in [0.25, 0.3) is 16.8 Å². The van der Waals surface area contributed by atoms with Crippen LogP contribution in [0.1, 0.15) is 22.8 Å². The Morgan fingerprint density at radius 2 is 1.77 bits per heavy atom. The first kappa shape index (κ1) is 15.9. The van der Waals surface area contributed by atoms with Crippen LogP contribution in [0.2, 0.25) is 0 Å². The molecule has 0 aliphatic rings. The zero-order valence-electron chi connectivity index (χ0n) is 14.1. The number of oxime groups is 1. The number of furan rings is 1. The molecule has 0 fully saturated rings. The van der Waals surface area contributed by atoms with Crippen molar-refractivity contribution in [1.82, 2.24) is 4.57 Å². The van der Waals surface area contributed by atoms with Crippen LogP contribution < -0.4 is 0 Å². The van der Waals surface area contributed by atoms with Gasteiger partial charge in [-0.15, -0.1) is 0 Å². The molecule has 0 aliphatic carbocycles. The van der Waals surface area contributed by atoms with Crippen LogP contribution in [0.5, 0.6) is 0 Å². The summed E-state index contributed by atoms with van der Waals surface area (Å²) in [5.41, 5.74) is 2.93. The maximum atomic E-state index is 12.1. The Morgan fingerprint density at radius 1 is 1.00 bits per heavy atom. The smallest absolute Gasteiger partial charge is 0.365 e. The maximum absolute atomic E-state index is 12.1. The van der Waals surface area contributed by atoms with Crippen molar-refractivity contribution in [2.45, 2.75) is 6.92 Å². The molecule has 0 N–H and O–H groups in total. The molecule has 0 aliphatic heterocycles. The minimum atomic E-state index is -0.486. The van der Waals surface area contributed by atoms with Crippen molar-refractivity contribution in [3.8, 4) is 5.88 Å². The Balaban J connectivity index is 1.69. The minimum absolute atomic E-state index is 0.460. The van der Waals surface area contributed by atoms with E-state index >= 15 is 0 Å². The first-order valence-corrected chi connectivity index (χ1v) is 8.19. The summed E-state index contributed by atoms with van der Waals surface area (Å²) in [7, 11) is 0. The van der Waals surface area contributed by atoms with Crippen molar-refractivity contribution in [2.24, 2.45) is 5.16 Å². The average molecular weight is 344 g/mol. The van der Waals surface area contributed by atoms with Crippen molar-refractivity contribution in [3.05, 3.63) is 90.3 Å². The molecular formula is C21H16N2O3. The van der Waals surface area contributed by atoms with E-state index in [4.69, 9.17) is 9.25 Å². The van der Waals surface area contributed by atoms with E-state index < -0.39 is 5.97 Å². The van der Waals surface area contributed by atoms with Crippen LogP contribution in [0.15, 0.2) is 88.8 Å². The summed E-state index contributed by atoms with van der Waals surface area (Å²) >= 11 is 0. The van der Waals surface area contributed by atoms with Gasteiger partial charge >= 0.3 is 5.97 Å². The Hall–Kier alpha value is -3.60. The molecule has 0 saturated heterocycles. The number of carbonyl (C=O) groups is 1. The lowest BCUT2D eigenvalue weighted by Gasteiger charge is -2.00. The molecule has 5 nitrogen and oxygen atoms in total. The molecule has 2 heterocycles. The Labute approximate surface area is 150 Å². The topological polar surface area (TPSA) is 56.7 Å². The quantitative estimate of drug-likeness (QED) is 0.303. The van der Waals surface area contributed by atoms with Crippen LogP contribution in [0, 0.1) is 0 Å². The number of rotatable bonds is 4. The van der Waals surface area contributed by atoms with Crippen molar-refractivity contribution >= 4 is 22.6 Å². The summed E-state index contributed by atoms with van der Waals surface area (Å²) in [6, 6.07) is 20.4. The third-order valence-corrected chi connectivity index (χ3v) is 4.12. The van der Waals surface area contributed by atoms with Gasteiger partial charge in [0.05, 0.1) is 23.1 Å². The summed E-state index contributed by atoms with van der Waals surface area (Å²) < 4.78 is 7.46. The standard InChI is InChI=1S/C21H16N2O3/c1-15(22-26-21(24)16-8-3-2-4-9-16)18-14-23(20-12-7-13-25-20)19-11-6-5-10-17(18)19/h2-14H,1H3/b22-15+. The van der Waals surface area contributed by atoms with Crippen molar-refractivity contribution < 1.29 is 14.0 Å². The van der Waals surface area contributed by atoms with Crippen LogP contribution in [0.3, 0.4) is 0 Å². The maximum Gasteiger partial charge on any atom is 0.365 e. The molecule has 26 heavy (non-hydrogen) atoms. The number of fused-ring (bicyclic) bond motifs is 1. The van der Waals surface area contributed by atoms with Gasteiger partial charge in [-0.2, -0.15) is 0 Å². The van der Waals surface area contributed by atoms with E-state index in [1.165, 1.54) is 0 Å². The number of para-hydroxylation sites is 1. The molecular weight excluding hydrogens is 328 g/mol. The van der Waals surface area contributed by atoms with E-state index in [0.717, 1.165) is 16.5 Å². The predicted molar refractivity (Wildman–Crippen MR) is 99.6 cm³/mol. The SMILES string of the molecule is C/C(=N\OC(=O)c1ccccc1)c1cn(-c2ccco2)c2ccccc12. The second-order valence-corrected chi connectivity index (χ2v) is 5.80. The Kier molecular flexibility index (Phi) is 4.11. The molecule has 4 aromatic rings. The van der Waals surface area contributed by atoms with E-state index in [0.29, 0.717) is 17.2 Å². The molecule has 2 aromatic heterocycles. The number of carbonyl (C=O) groups excluding carboxylic acids is 1.